The van der Waals surface area contributed by atoms with Crippen molar-refractivity contribution in [2.45, 2.75) is 32.4 Å². The normalized spacial score (nSPS) is 18.7. The number of hydrogen-bond acceptors (Lipinski definition) is 4. The van der Waals surface area contributed by atoms with Crippen LogP contribution in [0.15, 0.2) is 53.6 Å². The molecule has 2 aromatic heterocycles. The minimum absolute atomic E-state index is 0. The van der Waals surface area contributed by atoms with Gasteiger partial charge in [-0.05, 0) is 55.6 Å². The molecule has 32 heavy (non-hydrogen) atoms. The van der Waals surface area contributed by atoms with Crippen LogP contribution in [0.3, 0.4) is 0 Å². The van der Waals surface area contributed by atoms with Crippen LogP contribution in [0.1, 0.15) is 39.8 Å². The van der Waals surface area contributed by atoms with Gasteiger partial charge < -0.3 is 19.8 Å². The zero-order valence-electron chi connectivity index (χ0n) is 17.8. The lowest BCUT2D eigenvalue weighted by molar-refractivity contribution is 0.0948. The average Bonchev–Trinajstić information content (AvgIpc) is 3.19. The first kappa shape index (κ1) is 24.0. The Kier molecular flexibility index (Phi) is 7.44. The van der Waals surface area contributed by atoms with E-state index in [1.165, 1.54) is 0 Å². The minimum atomic E-state index is -0.321. The zero-order chi connectivity index (χ0) is 20.7. The van der Waals surface area contributed by atoms with Gasteiger partial charge in [0.05, 0.1) is 0 Å². The molecule has 0 radical (unpaired) electrons. The van der Waals surface area contributed by atoms with Crippen LogP contribution in [0, 0.1) is 12.8 Å². The van der Waals surface area contributed by atoms with Crippen molar-refractivity contribution in [3.8, 4) is 5.69 Å². The third-order valence-corrected chi connectivity index (χ3v) is 6.25. The largest absolute Gasteiger partial charge is 0.348 e. The van der Waals surface area contributed by atoms with Crippen molar-refractivity contribution in [2.24, 2.45) is 5.92 Å². The van der Waals surface area contributed by atoms with Gasteiger partial charge in [-0.3, -0.25) is 9.59 Å². The van der Waals surface area contributed by atoms with Gasteiger partial charge in [0.15, 0.2) is 0 Å². The number of imidazole rings is 1. The molecule has 3 aromatic rings. The molecular weight excluding hydrogens is 449 g/mol. The Balaban J connectivity index is 0.00000144. The highest BCUT2D eigenvalue weighted by molar-refractivity contribution is 5.93. The number of piperidine rings is 1. The van der Waals surface area contributed by atoms with E-state index in [9.17, 15) is 9.59 Å². The van der Waals surface area contributed by atoms with Gasteiger partial charge in [-0.1, -0.05) is 12.1 Å². The highest BCUT2D eigenvalue weighted by Crippen LogP contribution is 2.31. The predicted octanol–water partition coefficient (Wildman–Crippen LogP) is 2.82. The zero-order valence-corrected chi connectivity index (χ0v) is 19.4. The van der Waals surface area contributed by atoms with Crippen LogP contribution in [0.4, 0.5) is 0 Å². The molecule has 1 amide bonds. The Hall–Kier alpha value is -2.61. The van der Waals surface area contributed by atoms with Crippen LogP contribution in [0.25, 0.3) is 5.69 Å². The number of halogens is 2. The number of carbonyl (C=O) groups is 1. The molecule has 0 spiro atoms. The van der Waals surface area contributed by atoms with E-state index in [2.05, 4.69) is 15.6 Å². The molecular formula is C23H27Cl2N5O2. The van der Waals surface area contributed by atoms with E-state index in [0.29, 0.717) is 24.9 Å². The molecule has 2 atom stereocenters. The standard InChI is InChI=1S/C23H25N5O2.2ClH/c1-15-25-8-9-27(15)19-4-2-16(3-5-19)12-26-22(29)20-6-7-21-18-10-17(11-24-13-18)14-28(21)23(20)30;;/h2-9,17-18,24H,10-14H2,1H3,(H,26,29);2*1H/t17-,18+;;/m0../s1. The molecule has 0 aliphatic carbocycles. The second-order valence-electron chi connectivity index (χ2n) is 8.24. The molecule has 5 rings (SSSR count). The van der Waals surface area contributed by atoms with Crippen LogP contribution in [-0.2, 0) is 13.1 Å². The predicted molar refractivity (Wildman–Crippen MR) is 128 cm³/mol. The Morgan fingerprint density at radius 2 is 1.94 bits per heavy atom. The molecule has 4 heterocycles. The molecule has 2 aliphatic rings. The lowest BCUT2D eigenvalue weighted by atomic mass is 9.84. The van der Waals surface area contributed by atoms with Gasteiger partial charge in [0, 0.05) is 49.3 Å². The summed E-state index contributed by atoms with van der Waals surface area (Å²) in [5.74, 6) is 1.42. The average molecular weight is 476 g/mol. The second kappa shape index (κ2) is 9.90. The molecule has 1 aromatic carbocycles. The summed E-state index contributed by atoms with van der Waals surface area (Å²) in [4.78, 5) is 29.9. The molecule has 0 saturated carbocycles. The third-order valence-electron chi connectivity index (χ3n) is 6.25. The van der Waals surface area contributed by atoms with Gasteiger partial charge in [0.25, 0.3) is 11.5 Å². The van der Waals surface area contributed by atoms with Gasteiger partial charge in [-0.15, -0.1) is 24.8 Å². The lowest BCUT2D eigenvalue weighted by Crippen LogP contribution is -2.46. The molecule has 9 heteroatoms. The van der Waals surface area contributed by atoms with Crippen molar-refractivity contribution in [2.75, 3.05) is 13.1 Å². The van der Waals surface area contributed by atoms with Crippen LogP contribution >= 0.6 is 24.8 Å². The van der Waals surface area contributed by atoms with Gasteiger partial charge in [-0.2, -0.15) is 0 Å². The number of pyridine rings is 1. The number of hydrogen-bond donors (Lipinski definition) is 2. The fourth-order valence-corrected chi connectivity index (χ4v) is 4.67. The fourth-order valence-electron chi connectivity index (χ4n) is 4.67. The van der Waals surface area contributed by atoms with Gasteiger partial charge in [-0.25, -0.2) is 4.98 Å². The molecule has 1 fully saturated rings. The Labute approximate surface area is 199 Å². The van der Waals surface area contributed by atoms with Crippen molar-refractivity contribution in [1.82, 2.24) is 24.8 Å². The molecule has 2 bridgehead atoms. The smallest absolute Gasteiger partial charge is 0.263 e. The van der Waals surface area contributed by atoms with Crippen molar-refractivity contribution in [3.05, 3.63) is 81.8 Å². The van der Waals surface area contributed by atoms with E-state index in [0.717, 1.165) is 42.3 Å². The van der Waals surface area contributed by atoms with Crippen molar-refractivity contribution in [1.29, 1.82) is 0 Å². The Bertz CT molecular complexity index is 1160. The van der Waals surface area contributed by atoms with E-state index >= 15 is 0 Å². The number of rotatable bonds is 4. The maximum absolute atomic E-state index is 13.0. The number of aromatic nitrogens is 3. The van der Waals surface area contributed by atoms with E-state index in [1.807, 2.05) is 52.6 Å². The molecule has 2 N–H and O–H groups in total. The Morgan fingerprint density at radius 3 is 2.66 bits per heavy atom. The fraction of sp³-hybridized carbons (Fsp3) is 0.348. The van der Waals surface area contributed by atoms with Crippen molar-refractivity contribution >= 4 is 30.7 Å². The minimum Gasteiger partial charge on any atom is -0.348 e. The molecule has 0 unspecified atom stereocenters. The first-order chi connectivity index (χ1) is 14.6. The highest BCUT2D eigenvalue weighted by Gasteiger charge is 2.31. The van der Waals surface area contributed by atoms with Crippen LogP contribution in [-0.4, -0.2) is 33.1 Å². The van der Waals surface area contributed by atoms with Crippen LogP contribution in [0.2, 0.25) is 0 Å². The topological polar surface area (TPSA) is 81.0 Å². The summed E-state index contributed by atoms with van der Waals surface area (Å²) in [6, 6.07) is 11.6. The van der Waals surface area contributed by atoms with Gasteiger partial charge >= 0.3 is 0 Å². The summed E-state index contributed by atoms with van der Waals surface area (Å²) in [6.07, 6.45) is 4.80. The summed E-state index contributed by atoms with van der Waals surface area (Å²) in [5.41, 5.74) is 3.09. The molecule has 2 aliphatic heterocycles. The number of benzene rings is 1. The first-order valence-electron chi connectivity index (χ1n) is 10.4. The lowest BCUT2D eigenvalue weighted by Gasteiger charge is -2.37. The SMILES string of the molecule is Cc1nccn1-c1ccc(CNC(=O)c2ccc3n(c2=O)C[C@@H]2CNC[C@H]3C2)cc1.Cl.Cl. The summed E-state index contributed by atoms with van der Waals surface area (Å²) in [5, 5.41) is 6.33. The monoisotopic (exact) mass is 475 g/mol. The highest BCUT2D eigenvalue weighted by atomic mass is 35.5. The van der Waals surface area contributed by atoms with Crippen LogP contribution in [0.5, 0.6) is 0 Å². The third kappa shape index (κ3) is 4.46. The first-order valence-corrected chi connectivity index (χ1v) is 10.4. The second-order valence-corrected chi connectivity index (χ2v) is 8.24. The van der Waals surface area contributed by atoms with E-state index in [1.54, 1.807) is 12.3 Å². The maximum Gasteiger partial charge on any atom is 0.263 e. The van der Waals surface area contributed by atoms with Gasteiger partial charge in [0.1, 0.15) is 11.4 Å². The summed E-state index contributed by atoms with van der Waals surface area (Å²) < 4.78 is 3.82. The van der Waals surface area contributed by atoms with E-state index in [4.69, 9.17) is 0 Å². The number of fused-ring (bicyclic) bond motifs is 4. The van der Waals surface area contributed by atoms with E-state index in [-0.39, 0.29) is 41.8 Å². The number of nitrogens with one attached hydrogen (secondary N) is 2. The maximum atomic E-state index is 13.0. The molecule has 170 valence electrons. The summed E-state index contributed by atoms with van der Waals surface area (Å²) in [7, 11) is 0. The number of aryl methyl sites for hydroxylation is 1. The number of nitrogens with zero attached hydrogens (tertiary/aromatic N) is 3. The quantitative estimate of drug-likeness (QED) is 0.607. The van der Waals surface area contributed by atoms with Crippen molar-refractivity contribution < 1.29 is 4.79 Å². The molecule has 1 saturated heterocycles. The number of amides is 1. The van der Waals surface area contributed by atoms with E-state index < -0.39 is 0 Å². The summed E-state index contributed by atoms with van der Waals surface area (Å²) >= 11 is 0. The number of carbonyl (C=O) groups excluding carboxylic acids is 1. The molecule has 7 nitrogen and oxygen atoms in total. The summed E-state index contributed by atoms with van der Waals surface area (Å²) in [6.45, 7) is 4.85. The van der Waals surface area contributed by atoms with Crippen LogP contribution < -0.4 is 16.2 Å². The van der Waals surface area contributed by atoms with Gasteiger partial charge in [0.2, 0.25) is 0 Å². The Morgan fingerprint density at radius 1 is 1.16 bits per heavy atom. The van der Waals surface area contributed by atoms with Crippen molar-refractivity contribution in [3.63, 3.8) is 0 Å².